The Morgan fingerprint density at radius 1 is 1.28 bits per heavy atom. The van der Waals surface area contributed by atoms with E-state index in [1.54, 1.807) is 6.92 Å². The van der Waals surface area contributed by atoms with Gasteiger partial charge in [-0.15, -0.1) is 0 Å². The average Bonchev–Trinajstić information content (AvgIpc) is 2.33. The topological polar surface area (TPSA) is 43.7 Å². The summed E-state index contributed by atoms with van der Waals surface area (Å²) in [5, 5.41) is 18.3. The molecule has 0 bridgehead atoms. The molecular formula is C14H22BrNO2. The number of anilines is 1. The van der Waals surface area contributed by atoms with Gasteiger partial charge in [0.2, 0.25) is 0 Å². The summed E-state index contributed by atoms with van der Waals surface area (Å²) in [5.41, 5.74) is 2.04. The SMILES string of the molecule is C[C@@H](O)c1ccc(N(C)CCCCCO)cc1Br. The molecule has 1 rings (SSSR count). The lowest BCUT2D eigenvalue weighted by Gasteiger charge is -2.20. The number of halogens is 1. The standard InChI is InChI=1S/C14H22BrNO2/c1-11(18)13-7-6-12(10-14(13)15)16(2)8-4-3-5-9-17/h6-7,10-11,17-18H,3-5,8-9H2,1-2H3/t11-/m1/s1. The molecule has 4 heteroatoms. The fourth-order valence-electron chi connectivity index (χ4n) is 1.86. The number of rotatable bonds is 7. The second kappa shape index (κ2) is 7.77. The highest BCUT2D eigenvalue weighted by Crippen LogP contribution is 2.27. The molecule has 0 amide bonds. The highest BCUT2D eigenvalue weighted by molar-refractivity contribution is 9.10. The van der Waals surface area contributed by atoms with Crippen molar-refractivity contribution in [3.63, 3.8) is 0 Å². The van der Waals surface area contributed by atoms with Gasteiger partial charge < -0.3 is 15.1 Å². The predicted molar refractivity (Wildman–Crippen MR) is 79.0 cm³/mol. The number of unbranched alkanes of at least 4 members (excludes halogenated alkanes) is 2. The van der Waals surface area contributed by atoms with E-state index in [4.69, 9.17) is 5.11 Å². The molecule has 0 aliphatic heterocycles. The van der Waals surface area contributed by atoms with E-state index >= 15 is 0 Å². The Balaban J connectivity index is 2.58. The number of aliphatic hydroxyl groups is 2. The molecule has 18 heavy (non-hydrogen) atoms. The van der Waals surface area contributed by atoms with Crippen LogP contribution in [-0.4, -0.2) is 30.4 Å². The molecule has 0 spiro atoms. The lowest BCUT2D eigenvalue weighted by Crippen LogP contribution is -2.18. The lowest BCUT2D eigenvalue weighted by molar-refractivity contribution is 0.198. The van der Waals surface area contributed by atoms with E-state index in [1.165, 1.54) is 0 Å². The molecule has 0 aliphatic carbocycles. The van der Waals surface area contributed by atoms with E-state index in [2.05, 4.69) is 27.9 Å². The molecule has 0 heterocycles. The zero-order valence-electron chi connectivity index (χ0n) is 11.1. The number of nitrogens with zero attached hydrogens (tertiary/aromatic N) is 1. The first-order valence-corrected chi connectivity index (χ1v) is 7.15. The van der Waals surface area contributed by atoms with Crippen molar-refractivity contribution in [1.82, 2.24) is 0 Å². The third-order valence-corrected chi connectivity index (χ3v) is 3.71. The third kappa shape index (κ3) is 4.59. The number of hydrogen-bond donors (Lipinski definition) is 2. The smallest absolute Gasteiger partial charge is 0.0772 e. The maximum Gasteiger partial charge on any atom is 0.0772 e. The summed E-state index contributed by atoms with van der Waals surface area (Å²) in [5.74, 6) is 0. The molecule has 0 unspecified atom stereocenters. The fourth-order valence-corrected chi connectivity index (χ4v) is 2.56. The van der Waals surface area contributed by atoms with Gasteiger partial charge >= 0.3 is 0 Å². The number of benzene rings is 1. The van der Waals surface area contributed by atoms with Gasteiger partial charge in [0.1, 0.15) is 0 Å². The van der Waals surface area contributed by atoms with Crippen LogP contribution in [0.15, 0.2) is 22.7 Å². The largest absolute Gasteiger partial charge is 0.396 e. The van der Waals surface area contributed by atoms with Crippen molar-refractivity contribution in [2.24, 2.45) is 0 Å². The quantitative estimate of drug-likeness (QED) is 0.760. The van der Waals surface area contributed by atoms with Crippen LogP contribution in [0.4, 0.5) is 5.69 Å². The molecule has 2 N–H and O–H groups in total. The van der Waals surface area contributed by atoms with Crippen LogP contribution in [0.5, 0.6) is 0 Å². The van der Waals surface area contributed by atoms with E-state index in [1.807, 2.05) is 18.2 Å². The first kappa shape index (κ1) is 15.5. The zero-order chi connectivity index (χ0) is 13.5. The van der Waals surface area contributed by atoms with E-state index in [0.717, 1.165) is 41.5 Å². The minimum atomic E-state index is -0.455. The van der Waals surface area contributed by atoms with Crippen molar-refractivity contribution in [3.05, 3.63) is 28.2 Å². The predicted octanol–water partition coefficient (Wildman–Crippen LogP) is 3.10. The summed E-state index contributed by atoms with van der Waals surface area (Å²) < 4.78 is 0.942. The van der Waals surface area contributed by atoms with E-state index in [0.29, 0.717) is 0 Å². The monoisotopic (exact) mass is 315 g/mol. The summed E-state index contributed by atoms with van der Waals surface area (Å²) in [6.07, 6.45) is 2.54. The Bertz CT molecular complexity index is 369. The second-order valence-corrected chi connectivity index (χ2v) is 5.44. The van der Waals surface area contributed by atoms with Gasteiger partial charge in [-0.1, -0.05) is 22.0 Å². The molecule has 1 aromatic carbocycles. The molecule has 102 valence electrons. The van der Waals surface area contributed by atoms with Crippen molar-refractivity contribution in [1.29, 1.82) is 0 Å². The molecule has 1 atom stereocenters. The van der Waals surface area contributed by atoms with Crippen LogP contribution < -0.4 is 4.90 Å². The Hall–Kier alpha value is -0.580. The van der Waals surface area contributed by atoms with Gasteiger partial charge in [-0.2, -0.15) is 0 Å². The Morgan fingerprint density at radius 3 is 2.56 bits per heavy atom. The normalized spacial score (nSPS) is 12.5. The number of aliphatic hydroxyl groups excluding tert-OH is 2. The van der Waals surface area contributed by atoms with E-state index in [-0.39, 0.29) is 6.61 Å². The van der Waals surface area contributed by atoms with Crippen molar-refractivity contribution in [2.75, 3.05) is 25.1 Å². The van der Waals surface area contributed by atoms with Gasteiger partial charge in [0.05, 0.1) is 6.10 Å². The molecule has 0 radical (unpaired) electrons. The maximum atomic E-state index is 9.57. The van der Waals surface area contributed by atoms with Gasteiger partial charge in [-0.05, 0) is 43.9 Å². The summed E-state index contributed by atoms with van der Waals surface area (Å²) >= 11 is 3.49. The van der Waals surface area contributed by atoms with Gasteiger partial charge in [-0.3, -0.25) is 0 Å². The molecule has 3 nitrogen and oxygen atoms in total. The van der Waals surface area contributed by atoms with Crippen LogP contribution in [0.2, 0.25) is 0 Å². The minimum absolute atomic E-state index is 0.276. The summed E-state index contributed by atoms with van der Waals surface area (Å²) in [6.45, 7) is 3.01. The average molecular weight is 316 g/mol. The summed E-state index contributed by atoms with van der Waals surface area (Å²) in [6, 6.07) is 6.02. The van der Waals surface area contributed by atoms with Gasteiger partial charge in [0.25, 0.3) is 0 Å². The molecule has 1 aromatic rings. The van der Waals surface area contributed by atoms with Crippen LogP contribution in [-0.2, 0) is 0 Å². The fraction of sp³-hybridized carbons (Fsp3) is 0.571. The first-order valence-electron chi connectivity index (χ1n) is 6.35. The molecule has 0 aromatic heterocycles. The van der Waals surface area contributed by atoms with Crippen LogP contribution in [0.3, 0.4) is 0 Å². The molecule has 0 saturated heterocycles. The Labute approximate surface area is 118 Å². The highest BCUT2D eigenvalue weighted by Gasteiger charge is 2.08. The van der Waals surface area contributed by atoms with Crippen LogP contribution in [0.25, 0.3) is 0 Å². The Kier molecular flexibility index (Phi) is 6.68. The molecule has 0 saturated carbocycles. The van der Waals surface area contributed by atoms with Gasteiger partial charge in [-0.25, -0.2) is 0 Å². The maximum absolute atomic E-state index is 9.57. The van der Waals surface area contributed by atoms with E-state index in [9.17, 15) is 5.11 Å². The van der Waals surface area contributed by atoms with Crippen molar-refractivity contribution in [2.45, 2.75) is 32.3 Å². The minimum Gasteiger partial charge on any atom is -0.396 e. The highest BCUT2D eigenvalue weighted by atomic mass is 79.9. The van der Waals surface area contributed by atoms with Crippen molar-refractivity contribution >= 4 is 21.6 Å². The Morgan fingerprint density at radius 2 is 2.00 bits per heavy atom. The molecular weight excluding hydrogens is 294 g/mol. The van der Waals surface area contributed by atoms with Crippen molar-refractivity contribution in [3.8, 4) is 0 Å². The summed E-state index contributed by atoms with van der Waals surface area (Å²) in [7, 11) is 2.06. The van der Waals surface area contributed by atoms with Crippen LogP contribution >= 0.6 is 15.9 Å². The molecule has 0 aliphatic rings. The zero-order valence-corrected chi connectivity index (χ0v) is 12.7. The molecule has 0 fully saturated rings. The first-order chi connectivity index (χ1) is 8.56. The third-order valence-electron chi connectivity index (χ3n) is 3.03. The van der Waals surface area contributed by atoms with Gasteiger partial charge in [0.15, 0.2) is 0 Å². The van der Waals surface area contributed by atoms with Gasteiger partial charge in [0, 0.05) is 30.4 Å². The second-order valence-electron chi connectivity index (χ2n) is 4.59. The van der Waals surface area contributed by atoms with Crippen LogP contribution in [0.1, 0.15) is 37.9 Å². The number of hydrogen-bond acceptors (Lipinski definition) is 3. The van der Waals surface area contributed by atoms with Crippen molar-refractivity contribution < 1.29 is 10.2 Å². The lowest BCUT2D eigenvalue weighted by atomic mass is 10.1. The van der Waals surface area contributed by atoms with E-state index < -0.39 is 6.10 Å². The van der Waals surface area contributed by atoms with Crippen LogP contribution in [0, 0.1) is 0 Å². The summed E-state index contributed by atoms with van der Waals surface area (Å²) in [4.78, 5) is 2.19.